The summed E-state index contributed by atoms with van der Waals surface area (Å²) in [5.41, 5.74) is 2.22. The molecular weight excluding hydrogens is 390 g/mol. The van der Waals surface area contributed by atoms with E-state index in [-0.39, 0.29) is 12.6 Å². The van der Waals surface area contributed by atoms with Crippen LogP contribution in [-0.4, -0.2) is 29.2 Å². The second-order valence-corrected chi connectivity index (χ2v) is 7.47. The molecule has 0 unspecified atom stereocenters. The molecule has 0 saturated carbocycles. The average Bonchev–Trinajstić information content (AvgIpc) is 3.03. The summed E-state index contributed by atoms with van der Waals surface area (Å²) < 4.78 is 7.08. The Kier molecular flexibility index (Phi) is 6.17. The van der Waals surface area contributed by atoms with E-state index in [1.54, 1.807) is 0 Å². The number of nitrogens with zero attached hydrogens (tertiary/aromatic N) is 1. The van der Waals surface area contributed by atoms with Gasteiger partial charge in [-0.2, -0.15) is 0 Å². The van der Waals surface area contributed by atoms with Crippen molar-refractivity contribution in [3.8, 4) is 5.75 Å². The lowest BCUT2D eigenvalue weighted by Crippen LogP contribution is -2.31. The molecule has 0 spiro atoms. The quantitative estimate of drug-likeness (QED) is 0.753. The molecule has 0 radical (unpaired) electrons. The van der Waals surface area contributed by atoms with E-state index in [1.807, 2.05) is 36.4 Å². The summed E-state index contributed by atoms with van der Waals surface area (Å²) in [6.45, 7) is 2.54. The third-order valence-electron chi connectivity index (χ3n) is 4.41. The summed E-state index contributed by atoms with van der Waals surface area (Å²) in [6.07, 6.45) is 2.20. The molecule has 24 heavy (non-hydrogen) atoms. The highest BCUT2D eigenvalue weighted by Gasteiger charge is 2.24. The fourth-order valence-electron chi connectivity index (χ4n) is 3.08. The van der Waals surface area contributed by atoms with Gasteiger partial charge in [-0.3, -0.25) is 4.90 Å². The van der Waals surface area contributed by atoms with Gasteiger partial charge in [-0.05, 0) is 55.3 Å². The summed E-state index contributed by atoms with van der Waals surface area (Å²) >= 11 is 9.47. The van der Waals surface area contributed by atoms with Crippen molar-refractivity contribution in [2.75, 3.05) is 13.2 Å². The van der Waals surface area contributed by atoms with E-state index in [9.17, 15) is 5.11 Å². The van der Waals surface area contributed by atoms with Crippen LogP contribution in [0.3, 0.4) is 0 Å². The molecule has 128 valence electrons. The van der Waals surface area contributed by atoms with E-state index in [0.29, 0.717) is 6.61 Å². The number of halogens is 2. The molecule has 5 heteroatoms. The minimum atomic E-state index is 0.217. The number of hydrogen-bond donors (Lipinski definition) is 1. The van der Waals surface area contributed by atoms with E-state index < -0.39 is 0 Å². The first kappa shape index (κ1) is 17.7. The largest absolute Gasteiger partial charge is 0.489 e. The number of hydrogen-bond acceptors (Lipinski definition) is 3. The Labute approximate surface area is 156 Å². The number of benzene rings is 2. The van der Waals surface area contributed by atoms with Crippen molar-refractivity contribution in [2.45, 2.75) is 32.0 Å². The highest BCUT2D eigenvalue weighted by molar-refractivity contribution is 9.10. The monoisotopic (exact) mass is 409 g/mol. The van der Waals surface area contributed by atoms with Crippen LogP contribution >= 0.6 is 27.5 Å². The molecule has 0 bridgehead atoms. The Bertz CT molecular complexity index is 678. The molecule has 1 saturated heterocycles. The molecule has 3 rings (SSSR count). The van der Waals surface area contributed by atoms with Crippen LogP contribution in [0.1, 0.15) is 24.0 Å². The van der Waals surface area contributed by atoms with Gasteiger partial charge in [0.25, 0.3) is 0 Å². The minimum Gasteiger partial charge on any atom is -0.489 e. The molecule has 1 N–H and O–H groups in total. The van der Waals surface area contributed by atoms with Crippen LogP contribution in [0.4, 0.5) is 0 Å². The van der Waals surface area contributed by atoms with Gasteiger partial charge in [0.1, 0.15) is 12.4 Å². The van der Waals surface area contributed by atoms with Gasteiger partial charge < -0.3 is 9.84 Å². The molecule has 3 nitrogen and oxygen atoms in total. The first-order valence-corrected chi connectivity index (χ1v) is 9.33. The minimum absolute atomic E-state index is 0.217. The van der Waals surface area contributed by atoms with Crippen molar-refractivity contribution in [1.82, 2.24) is 4.90 Å². The van der Waals surface area contributed by atoms with Crippen LogP contribution in [0.2, 0.25) is 5.02 Å². The van der Waals surface area contributed by atoms with Gasteiger partial charge >= 0.3 is 0 Å². The van der Waals surface area contributed by atoms with Gasteiger partial charge in [-0.25, -0.2) is 0 Å². The van der Waals surface area contributed by atoms with Crippen molar-refractivity contribution in [3.63, 3.8) is 0 Å². The number of aliphatic hydroxyl groups excluding tert-OH is 1. The van der Waals surface area contributed by atoms with Gasteiger partial charge in [-0.15, -0.1) is 0 Å². The third-order valence-corrected chi connectivity index (χ3v) is 5.16. The highest BCUT2D eigenvalue weighted by atomic mass is 79.9. The Morgan fingerprint density at radius 1 is 1.21 bits per heavy atom. The van der Waals surface area contributed by atoms with Crippen molar-refractivity contribution in [3.05, 3.63) is 63.1 Å². The van der Waals surface area contributed by atoms with Crippen LogP contribution < -0.4 is 4.74 Å². The lowest BCUT2D eigenvalue weighted by molar-refractivity contribution is 0.152. The topological polar surface area (TPSA) is 32.7 Å². The average molecular weight is 411 g/mol. The molecule has 0 aromatic heterocycles. The molecule has 2 aromatic carbocycles. The summed E-state index contributed by atoms with van der Waals surface area (Å²) in [5.74, 6) is 0.886. The van der Waals surface area contributed by atoms with Crippen LogP contribution in [0, 0.1) is 0 Å². The summed E-state index contributed by atoms with van der Waals surface area (Å²) in [4.78, 5) is 2.33. The van der Waals surface area contributed by atoms with E-state index in [2.05, 4.69) is 26.9 Å². The van der Waals surface area contributed by atoms with Crippen LogP contribution in [0.5, 0.6) is 5.75 Å². The number of likely N-dealkylation sites (tertiary alicyclic amines) is 1. The maximum atomic E-state index is 9.52. The Morgan fingerprint density at radius 2 is 2.00 bits per heavy atom. The van der Waals surface area contributed by atoms with Crippen LogP contribution in [-0.2, 0) is 13.2 Å². The zero-order chi connectivity index (χ0) is 16.9. The predicted molar refractivity (Wildman–Crippen MR) is 100 cm³/mol. The van der Waals surface area contributed by atoms with Crippen molar-refractivity contribution < 1.29 is 9.84 Å². The van der Waals surface area contributed by atoms with Crippen LogP contribution in [0.15, 0.2) is 46.9 Å². The summed E-state index contributed by atoms with van der Waals surface area (Å²) in [5, 5.41) is 10.2. The molecule has 1 fully saturated rings. The molecule has 1 atom stereocenters. The lowest BCUT2D eigenvalue weighted by atomic mass is 10.1. The number of aliphatic hydroxyl groups is 1. The maximum Gasteiger partial charge on any atom is 0.124 e. The predicted octanol–water partition coefficient (Wildman–Crippen LogP) is 4.64. The maximum absolute atomic E-state index is 9.52. The van der Waals surface area contributed by atoms with Gasteiger partial charge in [-0.1, -0.05) is 39.7 Å². The standard InChI is InChI=1S/C19H21BrClNO2/c20-16-5-8-19(24-13-14-3-6-17(21)7-4-14)15(10-16)11-22-9-1-2-18(22)12-23/h3-8,10,18,23H,1-2,9,11-13H2/t18-/m0/s1. The molecule has 1 aliphatic heterocycles. The molecule has 2 aromatic rings. The molecule has 0 amide bonds. The van der Waals surface area contributed by atoms with Crippen molar-refractivity contribution in [2.24, 2.45) is 0 Å². The first-order valence-electron chi connectivity index (χ1n) is 8.16. The van der Waals surface area contributed by atoms with Gasteiger partial charge in [0.15, 0.2) is 0 Å². The Balaban J connectivity index is 1.71. The summed E-state index contributed by atoms with van der Waals surface area (Å²) in [6, 6.07) is 14.1. The zero-order valence-corrected chi connectivity index (χ0v) is 15.8. The molecule has 0 aliphatic carbocycles. The first-order chi connectivity index (χ1) is 11.7. The fraction of sp³-hybridized carbons (Fsp3) is 0.368. The third kappa shape index (κ3) is 4.51. The number of rotatable bonds is 6. The molecule has 1 aliphatic rings. The fourth-order valence-corrected chi connectivity index (χ4v) is 3.62. The smallest absolute Gasteiger partial charge is 0.124 e. The van der Waals surface area contributed by atoms with E-state index >= 15 is 0 Å². The number of ether oxygens (including phenoxy) is 1. The van der Waals surface area contributed by atoms with E-state index in [0.717, 1.165) is 52.3 Å². The van der Waals surface area contributed by atoms with E-state index in [4.69, 9.17) is 16.3 Å². The SMILES string of the molecule is OC[C@@H]1CCCN1Cc1cc(Br)ccc1OCc1ccc(Cl)cc1. The van der Waals surface area contributed by atoms with Gasteiger partial charge in [0.2, 0.25) is 0 Å². The van der Waals surface area contributed by atoms with E-state index in [1.165, 1.54) is 0 Å². The van der Waals surface area contributed by atoms with Gasteiger partial charge in [0, 0.05) is 27.6 Å². The Morgan fingerprint density at radius 3 is 2.75 bits per heavy atom. The second kappa shape index (κ2) is 8.34. The second-order valence-electron chi connectivity index (χ2n) is 6.12. The van der Waals surface area contributed by atoms with Gasteiger partial charge in [0.05, 0.1) is 6.61 Å². The van der Waals surface area contributed by atoms with Crippen molar-refractivity contribution >= 4 is 27.5 Å². The van der Waals surface area contributed by atoms with Crippen LogP contribution in [0.25, 0.3) is 0 Å². The Hall–Kier alpha value is -1.07. The molecule has 1 heterocycles. The lowest BCUT2D eigenvalue weighted by Gasteiger charge is -2.24. The zero-order valence-electron chi connectivity index (χ0n) is 13.4. The summed E-state index contributed by atoms with van der Waals surface area (Å²) in [7, 11) is 0. The highest BCUT2D eigenvalue weighted by Crippen LogP contribution is 2.28. The normalized spacial score (nSPS) is 18.0. The molecular formula is C19H21BrClNO2. The van der Waals surface area contributed by atoms with Crippen molar-refractivity contribution in [1.29, 1.82) is 0 Å².